The molecule has 5 nitrogen and oxygen atoms in total. The van der Waals surface area contributed by atoms with E-state index in [2.05, 4.69) is 38.2 Å². The predicted molar refractivity (Wildman–Crippen MR) is 76.9 cm³/mol. The molecular weight excluding hydrogens is 242 g/mol. The lowest BCUT2D eigenvalue weighted by Crippen LogP contribution is -2.44. The van der Waals surface area contributed by atoms with Crippen LogP contribution in [-0.4, -0.2) is 56.2 Å². The van der Waals surface area contributed by atoms with Gasteiger partial charge in [-0.1, -0.05) is 13.8 Å². The Morgan fingerprint density at radius 1 is 1.42 bits per heavy atom. The summed E-state index contributed by atoms with van der Waals surface area (Å²) in [5.74, 6) is 0.625. The molecule has 1 aliphatic rings. The molecule has 1 saturated heterocycles. The van der Waals surface area contributed by atoms with Gasteiger partial charge in [0.15, 0.2) is 0 Å². The molecule has 1 unspecified atom stereocenters. The van der Waals surface area contributed by atoms with E-state index in [1.165, 1.54) is 0 Å². The first-order chi connectivity index (χ1) is 8.93. The number of nitrogens with two attached hydrogens (primary N) is 1. The van der Waals surface area contributed by atoms with Crippen molar-refractivity contribution in [3.63, 3.8) is 0 Å². The van der Waals surface area contributed by atoms with Crippen LogP contribution in [0.25, 0.3) is 0 Å². The van der Waals surface area contributed by atoms with Gasteiger partial charge < -0.3 is 20.7 Å². The Bertz CT molecular complexity index is 282. The minimum atomic E-state index is -0.310. The molecular formula is C14H29N3O2. The minimum absolute atomic E-state index is 0.00607. The lowest BCUT2D eigenvalue weighted by molar-refractivity contribution is -0.132. The summed E-state index contributed by atoms with van der Waals surface area (Å²) in [4.78, 5) is 14.2. The van der Waals surface area contributed by atoms with Crippen molar-refractivity contribution < 1.29 is 9.53 Å². The molecule has 0 saturated carbocycles. The zero-order chi connectivity index (χ0) is 14.4. The van der Waals surface area contributed by atoms with Crippen LogP contribution in [0.4, 0.5) is 0 Å². The summed E-state index contributed by atoms with van der Waals surface area (Å²) in [6, 6.07) is 0.371. The summed E-state index contributed by atoms with van der Waals surface area (Å²) in [5.41, 5.74) is 5.55. The summed E-state index contributed by atoms with van der Waals surface area (Å²) in [6.45, 7) is 5.57. The number of nitrogens with one attached hydrogen (secondary N) is 1. The van der Waals surface area contributed by atoms with E-state index in [-0.39, 0.29) is 18.1 Å². The topological polar surface area (TPSA) is 67.6 Å². The summed E-state index contributed by atoms with van der Waals surface area (Å²) >= 11 is 0. The van der Waals surface area contributed by atoms with Gasteiger partial charge in [0.1, 0.15) is 6.10 Å². The van der Waals surface area contributed by atoms with Crippen molar-refractivity contribution in [2.45, 2.75) is 51.4 Å². The van der Waals surface area contributed by atoms with Crippen LogP contribution >= 0.6 is 0 Å². The van der Waals surface area contributed by atoms with Crippen molar-refractivity contribution in [1.82, 2.24) is 10.2 Å². The number of ether oxygens (including phenoxy) is 1. The highest BCUT2D eigenvalue weighted by Crippen LogP contribution is 2.19. The smallest absolute Gasteiger partial charge is 0.249 e. The second-order valence-corrected chi connectivity index (χ2v) is 6.05. The SMILES string of the molecule is CC(C)CC(CNC(=O)[C@@H]1CC[C@H](CN)O1)N(C)C. The Balaban J connectivity index is 2.35. The number of amides is 1. The maximum Gasteiger partial charge on any atom is 0.249 e. The van der Waals surface area contributed by atoms with E-state index >= 15 is 0 Å². The fraction of sp³-hybridized carbons (Fsp3) is 0.929. The molecule has 112 valence electrons. The molecule has 0 bridgehead atoms. The Hall–Kier alpha value is -0.650. The number of hydrogen-bond acceptors (Lipinski definition) is 4. The van der Waals surface area contributed by atoms with Crippen LogP contribution in [0.2, 0.25) is 0 Å². The first kappa shape index (κ1) is 16.4. The van der Waals surface area contributed by atoms with Crippen molar-refractivity contribution in [2.24, 2.45) is 11.7 Å². The normalized spacial score (nSPS) is 25.0. The van der Waals surface area contributed by atoms with Gasteiger partial charge in [0.05, 0.1) is 6.10 Å². The van der Waals surface area contributed by atoms with Gasteiger partial charge >= 0.3 is 0 Å². The zero-order valence-electron chi connectivity index (χ0n) is 12.7. The summed E-state index contributed by atoms with van der Waals surface area (Å²) in [5, 5.41) is 3.01. The van der Waals surface area contributed by atoms with Gasteiger partial charge in [-0.15, -0.1) is 0 Å². The number of hydrogen-bond donors (Lipinski definition) is 2. The molecule has 3 atom stereocenters. The molecule has 0 aromatic carbocycles. The number of nitrogens with zero attached hydrogens (tertiary/aromatic N) is 1. The van der Waals surface area contributed by atoms with Crippen LogP contribution in [0.15, 0.2) is 0 Å². The molecule has 0 radical (unpaired) electrons. The molecule has 0 aromatic heterocycles. The standard InChI is InChI=1S/C14H29N3O2/c1-10(2)7-11(17(3)4)9-16-14(18)13-6-5-12(8-15)19-13/h10-13H,5-9,15H2,1-4H3,(H,16,18)/t11?,12-,13+/m1/s1. The fourth-order valence-corrected chi connectivity index (χ4v) is 2.43. The molecule has 0 spiro atoms. The van der Waals surface area contributed by atoms with E-state index in [1.807, 2.05) is 0 Å². The largest absolute Gasteiger partial charge is 0.364 e. The average Bonchev–Trinajstić information content (AvgIpc) is 2.82. The van der Waals surface area contributed by atoms with Crippen molar-refractivity contribution in [3.8, 4) is 0 Å². The van der Waals surface area contributed by atoms with Crippen LogP contribution in [0.1, 0.15) is 33.1 Å². The Kier molecular flexibility index (Phi) is 6.75. The molecule has 3 N–H and O–H groups in total. The zero-order valence-corrected chi connectivity index (χ0v) is 12.7. The van der Waals surface area contributed by atoms with Crippen molar-refractivity contribution >= 4 is 5.91 Å². The number of likely N-dealkylation sites (N-methyl/N-ethyl adjacent to an activating group) is 1. The van der Waals surface area contributed by atoms with Gasteiger partial charge in [-0.3, -0.25) is 4.79 Å². The number of rotatable bonds is 7. The lowest BCUT2D eigenvalue weighted by Gasteiger charge is -2.26. The summed E-state index contributed by atoms with van der Waals surface area (Å²) in [7, 11) is 4.10. The highest BCUT2D eigenvalue weighted by molar-refractivity contribution is 5.81. The van der Waals surface area contributed by atoms with E-state index in [9.17, 15) is 4.79 Å². The number of carbonyl (C=O) groups excluding carboxylic acids is 1. The number of carbonyl (C=O) groups is 1. The van der Waals surface area contributed by atoms with Gasteiger partial charge in [0, 0.05) is 19.1 Å². The van der Waals surface area contributed by atoms with Crippen molar-refractivity contribution in [2.75, 3.05) is 27.2 Å². The second-order valence-electron chi connectivity index (χ2n) is 6.05. The van der Waals surface area contributed by atoms with Gasteiger partial charge in [0.2, 0.25) is 5.91 Å². The molecule has 0 aromatic rings. The molecule has 19 heavy (non-hydrogen) atoms. The minimum Gasteiger partial charge on any atom is -0.364 e. The Labute approximate surface area is 116 Å². The van der Waals surface area contributed by atoms with Gasteiger partial charge in [-0.2, -0.15) is 0 Å². The third-order valence-corrected chi connectivity index (χ3v) is 3.65. The maximum absolute atomic E-state index is 12.0. The summed E-state index contributed by atoms with van der Waals surface area (Å²) in [6.07, 6.45) is 2.48. The Morgan fingerprint density at radius 2 is 2.11 bits per heavy atom. The molecule has 0 aliphatic carbocycles. The third kappa shape index (κ3) is 5.47. The van der Waals surface area contributed by atoms with Gasteiger partial charge in [-0.05, 0) is 39.3 Å². The van der Waals surface area contributed by atoms with Gasteiger partial charge in [0.25, 0.3) is 0 Å². The van der Waals surface area contributed by atoms with E-state index in [0.29, 0.717) is 25.0 Å². The second kappa shape index (κ2) is 7.82. The Morgan fingerprint density at radius 3 is 2.58 bits per heavy atom. The van der Waals surface area contributed by atoms with E-state index in [1.54, 1.807) is 0 Å². The highest BCUT2D eigenvalue weighted by Gasteiger charge is 2.30. The highest BCUT2D eigenvalue weighted by atomic mass is 16.5. The van der Waals surface area contributed by atoms with Gasteiger partial charge in [-0.25, -0.2) is 0 Å². The van der Waals surface area contributed by atoms with Crippen LogP contribution < -0.4 is 11.1 Å². The molecule has 1 fully saturated rings. The quantitative estimate of drug-likeness (QED) is 0.711. The molecule has 1 heterocycles. The van der Waals surface area contributed by atoms with E-state index in [4.69, 9.17) is 10.5 Å². The first-order valence-corrected chi connectivity index (χ1v) is 7.23. The molecule has 1 aliphatic heterocycles. The molecule has 1 amide bonds. The van der Waals surface area contributed by atoms with Crippen LogP contribution in [0.5, 0.6) is 0 Å². The maximum atomic E-state index is 12.0. The van der Waals surface area contributed by atoms with Crippen LogP contribution in [-0.2, 0) is 9.53 Å². The molecule has 5 heteroatoms. The first-order valence-electron chi connectivity index (χ1n) is 7.23. The summed E-state index contributed by atoms with van der Waals surface area (Å²) < 4.78 is 5.60. The van der Waals surface area contributed by atoms with E-state index in [0.717, 1.165) is 19.3 Å². The fourth-order valence-electron chi connectivity index (χ4n) is 2.43. The third-order valence-electron chi connectivity index (χ3n) is 3.65. The van der Waals surface area contributed by atoms with Crippen molar-refractivity contribution in [3.05, 3.63) is 0 Å². The monoisotopic (exact) mass is 271 g/mol. The molecule has 1 rings (SSSR count). The average molecular weight is 271 g/mol. The van der Waals surface area contributed by atoms with Crippen LogP contribution in [0.3, 0.4) is 0 Å². The predicted octanol–water partition coefficient (Wildman–Crippen LogP) is 0.585. The van der Waals surface area contributed by atoms with Crippen molar-refractivity contribution in [1.29, 1.82) is 0 Å². The van der Waals surface area contributed by atoms with Crippen LogP contribution in [0, 0.1) is 5.92 Å². The van der Waals surface area contributed by atoms with E-state index < -0.39 is 0 Å². The lowest BCUT2D eigenvalue weighted by atomic mass is 10.0.